The van der Waals surface area contributed by atoms with E-state index in [2.05, 4.69) is 45.5 Å². The second-order valence-electron chi connectivity index (χ2n) is 5.85. The number of aromatic nitrogens is 2. The molecule has 1 fully saturated rings. The lowest BCUT2D eigenvalue weighted by Gasteiger charge is -2.34. The van der Waals surface area contributed by atoms with E-state index in [0.29, 0.717) is 6.04 Å². The molecule has 3 heterocycles. The summed E-state index contributed by atoms with van der Waals surface area (Å²) < 4.78 is 0. The smallest absolute Gasteiger partial charge is 0.140 e. The lowest BCUT2D eigenvalue weighted by atomic mass is 9.97. The molecule has 1 N–H and O–H groups in total. The molecule has 4 nitrogen and oxygen atoms in total. The van der Waals surface area contributed by atoms with Gasteiger partial charge in [-0.05, 0) is 36.8 Å². The van der Waals surface area contributed by atoms with Gasteiger partial charge in [0, 0.05) is 19.1 Å². The number of hydrogen-bond donors (Lipinski definition) is 1. The molecule has 108 valence electrons. The number of anilines is 1. The maximum absolute atomic E-state index is 4.53. The quantitative estimate of drug-likeness (QED) is 0.940. The van der Waals surface area contributed by atoms with Gasteiger partial charge in [0.2, 0.25) is 0 Å². The summed E-state index contributed by atoms with van der Waals surface area (Å²) in [5.41, 5.74) is 0. The standard InChI is InChI=1S/C15H22N4S/c1-11(2)16-8-12-4-3-6-19(9-12)14-13-5-7-20-15(13)18-10-17-14/h5,7,10-12,16H,3-4,6,8-9H2,1-2H3. The second-order valence-corrected chi connectivity index (χ2v) is 6.75. The van der Waals surface area contributed by atoms with Crippen LogP contribution in [0.15, 0.2) is 17.8 Å². The van der Waals surface area contributed by atoms with Gasteiger partial charge in [0.15, 0.2) is 0 Å². The first-order valence-electron chi connectivity index (χ1n) is 7.40. The molecule has 1 aliphatic heterocycles. The van der Waals surface area contributed by atoms with Gasteiger partial charge in [0.05, 0.1) is 5.39 Å². The fraction of sp³-hybridized carbons (Fsp3) is 0.600. The van der Waals surface area contributed by atoms with Crippen LogP contribution < -0.4 is 10.2 Å². The van der Waals surface area contributed by atoms with Crippen LogP contribution in [0.25, 0.3) is 10.2 Å². The summed E-state index contributed by atoms with van der Waals surface area (Å²) in [5.74, 6) is 1.83. The lowest BCUT2D eigenvalue weighted by molar-refractivity contribution is 0.378. The maximum Gasteiger partial charge on any atom is 0.140 e. The minimum atomic E-state index is 0.563. The molecule has 1 atom stereocenters. The molecule has 2 aromatic heterocycles. The zero-order valence-corrected chi connectivity index (χ0v) is 13.0. The first kappa shape index (κ1) is 13.8. The number of nitrogens with zero attached hydrogens (tertiary/aromatic N) is 3. The van der Waals surface area contributed by atoms with E-state index in [4.69, 9.17) is 0 Å². The van der Waals surface area contributed by atoms with Gasteiger partial charge in [-0.25, -0.2) is 9.97 Å². The zero-order chi connectivity index (χ0) is 13.9. The van der Waals surface area contributed by atoms with E-state index < -0.39 is 0 Å². The molecule has 0 aromatic carbocycles. The fourth-order valence-corrected chi connectivity index (χ4v) is 3.58. The molecule has 2 aromatic rings. The monoisotopic (exact) mass is 290 g/mol. The number of thiophene rings is 1. The molecule has 0 amide bonds. The molecule has 1 aliphatic rings. The highest BCUT2D eigenvalue weighted by Gasteiger charge is 2.22. The summed E-state index contributed by atoms with van der Waals surface area (Å²) in [6, 6.07) is 2.71. The van der Waals surface area contributed by atoms with Gasteiger partial charge in [-0.1, -0.05) is 13.8 Å². The third-order valence-corrected chi connectivity index (χ3v) is 4.69. The number of nitrogens with one attached hydrogen (secondary N) is 1. The third-order valence-electron chi connectivity index (χ3n) is 3.87. The van der Waals surface area contributed by atoms with Crippen LogP contribution in [0.5, 0.6) is 0 Å². The minimum Gasteiger partial charge on any atom is -0.356 e. The van der Waals surface area contributed by atoms with Crippen LogP contribution in [0, 0.1) is 5.92 Å². The number of piperidine rings is 1. The molecule has 5 heteroatoms. The van der Waals surface area contributed by atoms with Gasteiger partial charge in [0.25, 0.3) is 0 Å². The summed E-state index contributed by atoms with van der Waals surface area (Å²) in [4.78, 5) is 12.4. The molecule has 0 spiro atoms. The maximum atomic E-state index is 4.53. The second kappa shape index (κ2) is 6.06. The Hall–Kier alpha value is -1.20. The molecule has 3 rings (SSSR count). The predicted molar refractivity (Wildman–Crippen MR) is 85.5 cm³/mol. The van der Waals surface area contributed by atoms with Crippen molar-refractivity contribution in [1.82, 2.24) is 15.3 Å². The van der Waals surface area contributed by atoms with Crippen molar-refractivity contribution < 1.29 is 0 Å². The average molecular weight is 290 g/mol. The van der Waals surface area contributed by atoms with Gasteiger partial charge in [-0.15, -0.1) is 11.3 Å². The first-order valence-corrected chi connectivity index (χ1v) is 8.28. The van der Waals surface area contributed by atoms with Crippen LogP contribution in [0.3, 0.4) is 0 Å². The van der Waals surface area contributed by atoms with Crippen LogP contribution in [-0.2, 0) is 0 Å². The van der Waals surface area contributed by atoms with Crippen molar-refractivity contribution in [3.05, 3.63) is 17.8 Å². The van der Waals surface area contributed by atoms with Crippen molar-refractivity contribution in [2.45, 2.75) is 32.7 Å². The SMILES string of the molecule is CC(C)NCC1CCCN(c2ncnc3sccc23)C1. The van der Waals surface area contributed by atoms with Crippen molar-refractivity contribution in [3.8, 4) is 0 Å². The molecular weight excluding hydrogens is 268 g/mol. The molecule has 1 unspecified atom stereocenters. The van der Waals surface area contributed by atoms with Crippen LogP contribution >= 0.6 is 11.3 Å². The molecular formula is C15H22N4S. The Morgan fingerprint density at radius 2 is 2.35 bits per heavy atom. The number of hydrogen-bond acceptors (Lipinski definition) is 5. The Kier molecular flexibility index (Phi) is 4.17. The van der Waals surface area contributed by atoms with Crippen LogP contribution in [0.4, 0.5) is 5.82 Å². The first-order chi connectivity index (χ1) is 9.74. The molecule has 20 heavy (non-hydrogen) atoms. The molecule has 0 aliphatic carbocycles. The van der Waals surface area contributed by atoms with Crippen molar-refractivity contribution in [3.63, 3.8) is 0 Å². The summed E-state index contributed by atoms with van der Waals surface area (Å²) >= 11 is 1.69. The molecule has 1 saturated heterocycles. The Morgan fingerprint density at radius 3 is 3.20 bits per heavy atom. The van der Waals surface area contributed by atoms with Gasteiger partial charge in [-0.2, -0.15) is 0 Å². The molecule has 0 saturated carbocycles. The zero-order valence-electron chi connectivity index (χ0n) is 12.2. The van der Waals surface area contributed by atoms with E-state index in [1.807, 2.05) is 0 Å². The Morgan fingerprint density at radius 1 is 1.45 bits per heavy atom. The van der Waals surface area contributed by atoms with Crippen molar-refractivity contribution >= 4 is 27.4 Å². The summed E-state index contributed by atoms with van der Waals surface area (Å²) in [6.07, 6.45) is 4.26. The summed E-state index contributed by atoms with van der Waals surface area (Å²) in [6.45, 7) is 7.73. The van der Waals surface area contributed by atoms with Gasteiger partial charge < -0.3 is 10.2 Å². The summed E-state index contributed by atoms with van der Waals surface area (Å²) in [7, 11) is 0. The summed E-state index contributed by atoms with van der Waals surface area (Å²) in [5, 5.41) is 6.87. The van der Waals surface area contributed by atoms with Crippen LogP contribution in [-0.4, -0.2) is 35.6 Å². The normalized spacial score (nSPS) is 19.9. The van der Waals surface area contributed by atoms with Crippen molar-refractivity contribution in [2.24, 2.45) is 5.92 Å². The average Bonchev–Trinajstić information content (AvgIpc) is 2.93. The van der Waals surface area contributed by atoms with E-state index in [1.165, 1.54) is 18.2 Å². The Bertz CT molecular complexity index is 566. The molecule has 0 radical (unpaired) electrons. The van der Waals surface area contributed by atoms with Gasteiger partial charge in [-0.3, -0.25) is 0 Å². The number of rotatable bonds is 4. The highest BCUT2D eigenvalue weighted by Crippen LogP contribution is 2.29. The van der Waals surface area contributed by atoms with E-state index in [0.717, 1.165) is 36.2 Å². The number of fused-ring (bicyclic) bond motifs is 1. The fourth-order valence-electron chi connectivity index (χ4n) is 2.86. The van der Waals surface area contributed by atoms with E-state index >= 15 is 0 Å². The largest absolute Gasteiger partial charge is 0.356 e. The van der Waals surface area contributed by atoms with Crippen molar-refractivity contribution in [2.75, 3.05) is 24.5 Å². The highest BCUT2D eigenvalue weighted by atomic mass is 32.1. The minimum absolute atomic E-state index is 0.563. The van der Waals surface area contributed by atoms with E-state index in [1.54, 1.807) is 17.7 Å². The Labute approximate surface area is 124 Å². The third kappa shape index (κ3) is 2.94. The van der Waals surface area contributed by atoms with Gasteiger partial charge in [0.1, 0.15) is 17.0 Å². The van der Waals surface area contributed by atoms with E-state index in [9.17, 15) is 0 Å². The van der Waals surface area contributed by atoms with Crippen molar-refractivity contribution in [1.29, 1.82) is 0 Å². The predicted octanol–water partition coefficient (Wildman–Crippen LogP) is 2.91. The van der Waals surface area contributed by atoms with Crippen LogP contribution in [0.1, 0.15) is 26.7 Å². The van der Waals surface area contributed by atoms with E-state index in [-0.39, 0.29) is 0 Å². The molecule has 0 bridgehead atoms. The lowest BCUT2D eigenvalue weighted by Crippen LogP contribution is -2.41. The van der Waals surface area contributed by atoms with Gasteiger partial charge >= 0.3 is 0 Å². The highest BCUT2D eigenvalue weighted by molar-refractivity contribution is 7.16. The topological polar surface area (TPSA) is 41.0 Å². The van der Waals surface area contributed by atoms with Crippen LogP contribution in [0.2, 0.25) is 0 Å². The Balaban J connectivity index is 1.75.